The maximum atomic E-state index is 11.8. The van der Waals surface area contributed by atoms with Crippen LogP contribution < -0.4 is 10.1 Å². The van der Waals surface area contributed by atoms with Gasteiger partial charge in [-0.15, -0.1) is 0 Å². The Hall–Kier alpha value is -2.82. The first-order valence-corrected chi connectivity index (χ1v) is 7.65. The van der Waals surface area contributed by atoms with Crippen LogP contribution in [-0.2, 0) is 11.3 Å². The summed E-state index contributed by atoms with van der Waals surface area (Å²) < 4.78 is 7.54. The molecule has 0 bridgehead atoms. The van der Waals surface area contributed by atoms with Gasteiger partial charge in [-0.2, -0.15) is 0 Å². The van der Waals surface area contributed by atoms with Gasteiger partial charge in [0.05, 0.1) is 6.33 Å². The highest BCUT2D eigenvalue weighted by molar-refractivity contribution is 5.84. The lowest BCUT2D eigenvalue weighted by Crippen LogP contribution is -2.30. The molecular formula is C18H19N3O2. The molecule has 23 heavy (non-hydrogen) atoms. The number of hydrogen-bond acceptors (Lipinski definition) is 3. The molecular weight excluding hydrogens is 290 g/mol. The Kier molecular flexibility index (Phi) is 4.88. The van der Waals surface area contributed by atoms with Gasteiger partial charge in [0.15, 0.2) is 6.61 Å². The number of aryl methyl sites for hydroxylation is 1. The second-order valence-corrected chi connectivity index (χ2v) is 5.30. The van der Waals surface area contributed by atoms with E-state index in [-0.39, 0.29) is 12.5 Å². The fraction of sp³-hybridized carbons (Fsp3) is 0.222. The molecule has 0 radical (unpaired) electrons. The SMILES string of the molecule is O=C(COc1ccc2ccccc2c1)NCCCn1ccnc1. The van der Waals surface area contributed by atoms with Crippen molar-refractivity contribution in [2.45, 2.75) is 13.0 Å². The standard InChI is InChI=1S/C18H19N3O2/c22-18(20-8-3-10-21-11-9-19-14-21)13-23-17-7-6-15-4-1-2-5-16(15)12-17/h1-2,4-7,9,11-12,14H,3,8,10,13H2,(H,20,22). The van der Waals surface area contributed by atoms with Crippen molar-refractivity contribution in [3.8, 4) is 5.75 Å². The van der Waals surface area contributed by atoms with Crippen LogP contribution in [0.1, 0.15) is 6.42 Å². The van der Waals surface area contributed by atoms with E-state index in [1.54, 1.807) is 12.5 Å². The van der Waals surface area contributed by atoms with E-state index in [0.717, 1.165) is 23.7 Å². The molecule has 1 N–H and O–H groups in total. The molecule has 2 aromatic carbocycles. The third kappa shape index (κ3) is 4.32. The lowest BCUT2D eigenvalue weighted by atomic mass is 10.1. The van der Waals surface area contributed by atoms with Crippen molar-refractivity contribution >= 4 is 16.7 Å². The summed E-state index contributed by atoms with van der Waals surface area (Å²) in [6, 6.07) is 13.9. The maximum absolute atomic E-state index is 11.8. The van der Waals surface area contributed by atoms with Crippen molar-refractivity contribution < 1.29 is 9.53 Å². The number of nitrogens with zero attached hydrogens (tertiary/aromatic N) is 2. The predicted molar refractivity (Wildman–Crippen MR) is 89.3 cm³/mol. The summed E-state index contributed by atoms with van der Waals surface area (Å²) in [5, 5.41) is 5.11. The van der Waals surface area contributed by atoms with Gasteiger partial charge >= 0.3 is 0 Å². The topological polar surface area (TPSA) is 56.1 Å². The Bertz CT molecular complexity index is 769. The third-order valence-electron chi connectivity index (χ3n) is 3.57. The van der Waals surface area contributed by atoms with E-state index in [1.807, 2.05) is 53.2 Å². The Morgan fingerprint density at radius 1 is 1.17 bits per heavy atom. The number of ether oxygens (including phenoxy) is 1. The minimum Gasteiger partial charge on any atom is -0.484 e. The van der Waals surface area contributed by atoms with Gasteiger partial charge in [0.25, 0.3) is 5.91 Å². The molecule has 118 valence electrons. The fourth-order valence-corrected chi connectivity index (χ4v) is 2.37. The number of aromatic nitrogens is 2. The molecule has 3 rings (SSSR count). The van der Waals surface area contributed by atoms with Gasteiger partial charge in [-0.05, 0) is 29.3 Å². The highest BCUT2D eigenvalue weighted by Gasteiger charge is 2.03. The third-order valence-corrected chi connectivity index (χ3v) is 3.57. The van der Waals surface area contributed by atoms with E-state index in [0.29, 0.717) is 12.3 Å². The molecule has 0 saturated carbocycles. The van der Waals surface area contributed by atoms with E-state index in [2.05, 4.69) is 10.3 Å². The smallest absolute Gasteiger partial charge is 0.257 e. The summed E-state index contributed by atoms with van der Waals surface area (Å²) in [4.78, 5) is 15.8. The summed E-state index contributed by atoms with van der Waals surface area (Å²) in [5.41, 5.74) is 0. The van der Waals surface area contributed by atoms with Crippen molar-refractivity contribution in [1.82, 2.24) is 14.9 Å². The summed E-state index contributed by atoms with van der Waals surface area (Å²) in [6.45, 7) is 1.49. The molecule has 0 aliphatic rings. The van der Waals surface area contributed by atoms with Crippen LogP contribution in [-0.4, -0.2) is 28.6 Å². The Morgan fingerprint density at radius 3 is 2.87 bits per heavy atom. The van der Waals surface area contributed by atoms with Crippen LogP contribution >= 0.6 is 0 Å². The molecule has 0 unspecified atom stereocenters. The van der Waals surface area contributed by atoms with E-state index < -0.39 is 0 Å². The van der Waals surface area contributed by atoms with Crippen LogP contribution in [0.15, 0.2) is 61.2 Å². The van der Waals surface area contributed by atoms with Crippen LogP contribution in [0.5, 0.6) is 5.75 Å². The average molecular weight is 309 g/mol. The van der Waals surface area contributed by atoms with Crippen molar-refractivity contribution in [2.75, 3.05) is 13.2 Å². The van der Waals surface area contributed by atoms with E-state index in [1.165, 1.54) is 0 Å². The van der Waals surface area contributed by atoms with Crippen LogP contribution in [0.25, 0.3) is 10.8 Å². The molecule has 5 heteroatoms. The molecule has 0 fully saturated rings. The number of fused-ring (bicyclic) bond motifs is 1. The quantitative estimate of drug-likeness (QED) is 0.683. The Balaban J connectivity index is 1.41. The van der Waals surface area contributed by atoms with Crippen LogP contribution in [0.3, 0.4) is 0 Å². The summed E-state index contributed by atoms with van der Waals surface area (Å²) in [5.74, 6) is 0.598. The molecule has 0 atom stereocenters. The average Bonchev–Trinajstić information content (AvgIpc) is 3.10. The van der Waals surface area contributed by atoms with Gasteiger partial charge in [0, 0.05) is 25.5 Å². The number of rotatable bonds is 7. The van der Waals surface area contributed by atoms with Crippen molar-refractivity contribution in [1.29, 1.82) is 0 Å². The number of hydrogen-bond donors (Lipinski definition) is 1. The second kappa shape index (κ2) is 7.45. The number of carbonyl (C=O) groups excluding carboxylic acids is 1. The number of amides is 1. The first-order valence-electron chi connectivity index (χ1n) is 7.65. The van der Waals surface area contributed by atoms with E-state index in [4.69, 9.17) is 4.74 Å². The molecule has 0 aliphatic heterocycles. The van der Waals surface area contributed by atoms with E-state index >= 15 is 0 Å². The van der Waals surface area contributed by atoms with Gasteiger partial charge in [0.2, 0.25) is 0 Å². The molecule has 5 nitrogen and oxygen atoms in total. The maximum Gasteiger partial charge on any atom is 0.257 e. The lowest BCUT2D eigenvalue weighted by molar-refractivity contribution is -0.123. The summed E-state index contributed by atoms with van der Waals surface area (Å²) in [6.07, 6.45) is 6.28. The first-order chi connectivity index (χ1) is 11.3. The van der Waals surface area contributed by atoms with Crippen LogP contribution in [0.4, 0.5) is 0 Å². The Labute approximate surface area is 134 Å². The second-order valence-electron chi connectivity index (χ2n) is 5.30. The van der Waals surface area contributed by atoms with Crippen molar-refractivity contribution in [2.24, 2.45) is 0 Å². The highest BCUT2D eigenvalue weighted by Crippen LogP contribution is 2.20. The first kappa shape index (κ1) is 15.1. The summed E-state index contributed by atoms with van der Waals surface area (Å²) in [7, 11) is 0. The van der Waals surface area contributed by atoms with Gasteiger partial charge in [-0.25, -0.2) is 4.98 Å². The lowest BCUT2D eigenvalue weighted by Gasteiger charge is -2.08. The number of nitrogens with one attached hydrogen (secondary N) is 1. The minimum absolute atomic E-state index is 0.0312. The zero-order valence-corrected chi connectivity index (χ0v) is 12.8. The van der Waals surface area contributed by atoms with Gasteiger partial charge in [0.1, 0.15) is 5.75 Å². The molecule has 1 amide bonds. The molecule has 0 spiro atoms. The zero-order chi connectivity index (χ0) is 15.9. The zero-order valence-electron chi connectivity index (χ0n) is 12.8. The fourth-order valence-electron chi connectivity index (χ4n) is 2.37. The van der Waals surface area contributed by atoms with Gasteiger partial charge in [-0.3, -0.25) is 4.79 Å². The van der Waals surface area contributed by atoms with Crippen molar-refractivity contribution in [3.63, 3.8) is 0 Å². The Morgan fingerprint density at radius 2 is 2.04 bits per heavy atom. The molecule has 3 aromatic rings. The molecule has 1 heterocycles. The minimum atomic E-state index is -0.108. The van der Waals surface area contributed by atoms with Crippen LogP contribution in [0, 0.1) is 0 Å². The molecule has 0 aliphatic carbocycles. The monoisotopic (exact) mass is 309 g/mol. The molecule has 0 saturated heterocycles. The predicted octanol–water partition coefficient (Wildman–Crippen LogP) is 2.62. The summed E-state index contributed by atoms with van der Waals surface area (Å²) >= 11 is 0. The van der Waals surface area contributed by atoms with Gasteiger partial charge in [-0.1, -0.05) is 30.3 Å². The van der Waals surface area contributed by atoms with Crippen molar-refractivity contribution in [3.05, 3.63) is 61.2 Å². The van der Waals surface area contributed by atoms with Crippen LogP contribution in [0.2, 0.25) is 0 Å². The van der Waals surface area contributed by atoms with Gasteiger partial charge < -0.3 is 14.6 Å². The normalized spacial score (nSPS) is 10.6. The van der Waals surface area contributed by atoms with E-state index in [9.17, 15) is 4.79 Å². The largest absolute Gasteiger partial charge is 0.484 e. The highest BCUT2D eigenvalue weighted by atomic mass is 16.5. The molecule has 1 aromatic heterocycles. The number of benzene rings is 2. The number of imidazole rings is 1. The number of carbonyl (C=O) groups is 1.